The number of nitrogens with one attached hydrogen (secondary N) is 1. The third kappa shape index (κ3) is 7.46. The Kier molecular flexibility index (Phi) is 9.30. The second kappa shape index (κ2) is 13.7. The quantitative estimate of drug-likeness (QED) is 0.123. The minimum absolute atomic E-state index is 0.0142. The van der Waals surface area contributed by atoms with E-state index in [1.165, 1.54) is 18.2 Å². The maximum Gasteiger partial charge on any atom is 0.586 e. The minimum atomic E-state index is -3.78. The predicted molar refractivity (Wildman–Crippen MR) is 185 cm³/mol. The van der Waals surface area contributed by atoms with Crippen molar-refractivity contribution in [2.75, 3.05) is 18.5 Å². The molecule has 0 spiro atoms. The number of aliphatic hydroxyl groups is 1. The summed E-state index contributed by atoms with van der Waals surface area (Å²) in [6.07, 6.45) is -3.76. The minimum Gasteiger partial charge on any atom is -0.395 e. The van der Waals surface area contributed by atoms with Gasteiger partial charge in [0, 0.05) is 22.6 Å². The van der Waals surface area contributed by atoms with Crippen LogP contribution in [0.3, 0.4) is 0 Å². The summed E-state index contributed by atoms with van der Waals surface area (Å²) >= 11 is 0. The van der Waals surface area contributed by atoms with Crippen molar-refractivity contribution in [1.29, 1.82) is 0 Å². The number of anilines is 1. The number of benzene rings is 4. The Hall–Kier alpha value is -4.84. The van der Waals surface area contributed by atoms with Gasteiger partial charge in [-0.25, -0.2) is 4.39 Å². The van der Waals surface area contributed by atoms with E-state index in [9.17, 15) is 18.7 Å². The fourth-order valence-corrected chi connectivity index (χ4v) is 6.62. The first-order chi connectivity index (χ1) is 24.4. The summed E-state index contributed by atoms with van der Waals surface area (Å²) in [5.74, 6) is -1.37. The Morgan fingerprint density at radius 3 is 2.22 bits per heavy atom. The number of carbonyl (C=O) groups is 1. The van der Waals surface area contributed by atoms with Gasteiger partial charge in [-0.15, -0.1) is 8.78 Å². The van der Waals surface area contributed by atoms with Crippen molar-refractivity contribution < 1.29 is 42.0 Å². The highest BCUT2D eigenvalue weighted by molar-refractivity contribution is 6.03. The average Bonchev–Trinajstić information content (AvgIpc) is 3.75. The Morgan fingerprint density at radius 2 is 1.55 bits per heavy atom. The average molecular weight is 701 g/mol. The van der Waals surface area contributed by atoms with Crippen LogP contribution in [0.4, 0.5) is 18.9 Å². The van der Waals surface area contributed by atoms with Gasteiger partial charge in [0.15, 0.2) is 11.5 Å². The molecule has 1 aromatic heterocycles. The van der Waals surface area contributed by atoms with Gasteiger partial charge in [-0.1, -0.05) is 80.6 Å². The van der Waals surface area contributed by atoms with Gasteiger partial charge in [0.25, 0.3) is 0 Å². The van der Waals surface area contributed by atoms with Crippen LogP contribution in [-0.2, 0) is 44.9 Å². The zero-order valence-electron chi connectivity index (χ0n) is 28.3. The lowest BCUT2D eigenvalue weighted by Gasteiger charge is -2.28. The van der Waals surface area contributed by atoms with Gasteiger partial charge in [-0.2, -0.15) is 0 Å². The van der Waals surface area contributed by atoms with Gasteiger partial charge in [0.1, 0.15) is 5.82 Å². The third-order valence-electron chi connectivity index (χ3n) is 9.46. The molecule has 0 saturated heterocycles. The van der Waals surface area contributed by atoms with Gasteiger partial charge in [-0.05, 0) is 53.8 Å². The number of aromatic nitrogens is 1. The van der Waals surface area contributed by atoms with Crippen molar-refractivity contribution in [3.05, 3.63) is 125 Å². The summed E-state index contributed by atoms with van der Waals surface area (Å²) in [7, 11) is 0. The number of nitrogens with zero attached hydrogens (tertiary/aromatic N) is 1. The van der Waals surface area contributed by atoms with Crippen LogP contribution in [0.5, 0.6) is 11.5 Å². The fraction of sp³-hybridized carbons (Fsp3) is 0.325. The Labute approximate surface area is 293 Å². The Morgan fingerprint density at radius 1 is 0.902 bits per heavy atom. The molecular weight excluding hydrogens is 661 g/mol. The van der Waals surface area contributed by atoms with Crippen LogP contribution in [0.15, 0.2) is 97.1 Å². The number of hydrogen-bond donors (Lipinski definition) is 2. The zero-order valence-corrected chi connectivity index (χ0v) is 28.3. The Bertz CT molecular complexity index is 2030. The van der Waals surface area contributed by atoms with Crippen molar-refractivity contribution in [1.82, 2.24) is 4.57 Å². The normalized spacial score (nSPS) is 16.3. The van der Waals surface area contributed by atoms with E-state index < -0.39 is 35.0 Å². The standard InChI is InChI=1S/C40H39F3N2O6/c1-38(2,25-49-23-27-11-7-4-8-12-27)36-18-28-17-32(31(41)20-33(28)45(36)21-30(46)24-48-22-26-9-5-3-6-10-26)44-37(47)39(15-16-39)29-13-14-34-35(19-29)51-40(42,43)50-34/h3-14,17-20,30,46H,15-16,21-25H2,1-2H3,(H,44,47). The van der Waals surface area contributed by atoms with Crippen LogP contribution in [0.1, 0.15) is 49.1 Å². The molecule has 11 heteroatoms. The van der Waals surface area contributed by atoms with Crippen LogP contribution in [0.25, 0.3) is 10.9 Å². The first-order valence-electron chi connectivity index (χ1n) is 16.9. The van der Waals surface area contributed by atoms with E-state index in [0.717, 1.165) is 16.8 Å². The van der Waals surface area contributed by atoms with Crippen molar-refractivity contribution in [3.63, 3.8) is 0 Å². The molecular formula is C40H39F3N2O6. The molecule has 2 N–H and O–H groups in total. The lowest BCUT2D eigenvalue weighted by Crippen LogP contribution is -2.30. The number of rotatable bonds is 14. The molecule has 4 aromatic carbocycles. The Balaban J connectivity index is 1.13. The van der Waals surface area contributed by atoms with Crippen LogP contribution >= 0.6 is 0 Å². The molecule has 5 aromatic rings. The fourth-order valence-electron chi connectivity index (χ4n) is 6.62. The van der Waals surface area contributed by atoms with E-state index in [4.69, 9.17) is 9.47 Å². The molecule has 2 heterocycles. The number of aliphatic hydroxyl groups excluding tert-OH is 1. The number of carbonyl (C=O) groups excluding carboxylic acids is 1. The number of halogens is 3. The van der Waals surface area contributed by atoms with Crippen LogP contribution < -0.4 is 14.8 Å². The third-order valence-corrected chi connectivity index (χ3v) is 9.46. The molecule has 2 aliphatic rings. The van der Waals surface area contributed by atoms with Crippen LogP contribution in [-0.4, -0.2) is 41.2 Å². The van der Waals surface area contributed by atoms with Crippen LogP contribution in [0, 0.1) is 5.82 Å². The molecule has 7 rings (SSSR count). The van der Waals surface area contributed by atoms with E-state index in [-0.39, 0.29) is 30.3 Å². The van der Waals surface area contributed by atoms with E-state index >= 15 is 4.39 Å². The van der Waals surface area contributed by atoms with E-state index in [2.05, 4.69) is 14.8 Å². The van der Waals surface area contributed by atoms with Gasteiger partial charge in [0.2, 0.25) is 5.91 Å². The molecule has 1 amide bonds. The molecule has 8 nitrogen and oxygen atoms in total. The van der Waals surface area contributed by atoms with Crippen molar-refractivity contribution >= 4 is 22.5 Å². The number of hydrogen-bond acceptors (Lipinski definition) is 6. The molecule has 1 fully saturated rings. The van der Waals surface area contributed by atoms with Crippen LogP contribution in [0.2, 0.25) is 0 Å². The van der Waals surface area contributed by atoms with Crippen molar-refractivity contribution in [2.24, 2.45) is 0 Å². The van der Waals surface area contributed by atoms with Gasteiger partial charge in [0.05, 0.1) is 55.7 Å². The van der Waals surface area contributed by atoms with E-state index in [1.807, 2.05) is 85.1 Å². The monoisotopic (exact) mass is 700 g/mol. The molecule has 1 aliphatic heterocycles. The SMILES string of the molecule is CC(C)(COCc1ccccc1)c1cc2cc(NC(=O)C3(c4ccc5c(c4)OC(F)(F)O5)CC3)c(F)cc2n1CC(O)COCc1ccccc1. The van der Waals surface area contributed by atoms with Crippen molar-refractivity contribution in [2.45, 2.75) is 69.7 Å². The number of fused-ring (bicyclic) bond motifs is 2. The number of amides is 1. The first-order valence-corrected chi connectivity index (χ1v) is 16.9. The summed E-state index contributed by atoms with van der Waals surface area (Å²) in [5.41, 5.74) is 2.26. The highest BCUT2D eigenvalue weighted by Gasteiger charge is 2.53. The van der Waals surface area contributed by atoms with Gasteiger partial charge in [-0.3, -0.25) is 4.79 Å². The molecule has 0 radical (unpaired) electrons. The molecule has 1 saturated carbocycles. The number of alkyl halides is 2. The topological polar surface area (TPSA) is 91.2 Å². The molecule has 51 heavy (non-hydrogen) atoms. The summed E-state index contributed by atoms with van der Waals surface area (Å²) in [5, 5.41) is 14.5. The van der Waals surface area contributed by atoms with E-state index in [0.29, 0.717) is 49.1 Å². The van der Waals surface area contributed by atoms with E-state index in [1.54, 1.807) is 12.1 Å². The molecule has 1 unspecified atom stereocenters. The first kappa shape index (κ1) is 34.6. The lowest BCUT2D eigenvalue weighted by atomic mass is 9.90. The summed E-state index contributed by atoms with van der Waals surface area (Å²) in [6, 6.07) is 28.7. The molecule has 0 bridgehead atoms. The van der Waals surface area contributed by atoms with Gasteiger partial charge >= 0.3 is 6.29 Å². The second-order valence-electron chi connectivity index (χ2n) is 13.9. The van der Waals surface area contributed by atoms with Gasteiger partial charge < -0.3 is 33.9 Å². The largest absolute Gasteiger partial charge is 0.586 e. The maximum absolute atomic E-state index is 15.9. The molecule has 1 aliphatic carbocycles. The summed E-state index contributed by atoms with van der Waals surface area (Å²) in [6.45, 7) is 5.35. The van der Waals surface area contributed by atoms with Crippen molar-refractivity contribution in [3.8, 4) is 11.5 Å². The second-order valence-corrected chi connectivity index (χ2v) is 13.9. The zero-order chi connectivity index (χ0) is 35.8. The highest BCUT2D eigenvalue weighted by Crippen LogP contribution is 2.52. The summed E-state index contributed by atoms with van der Waals surface area (Å²) < 4.78 is 66.1. The highest BCUT2D eigenvalue weighted by atomic mass is 19.3. The number of ether oxygens (including phenoxy) is 4. The lowest BCUT2D eigenvalue weighted by molar-refractivity contribution is -0.286. The maximum atomic E-state index is 15.9. The summed E-state index contributed by atoms with van der Waals surface area (Å²) in [4.78, 5) is 13.7. The molecule has 1 atom stereocenters. The smallest absolute Gasteiger partial charge is 0.395 e. The predicted octanol–water partition coefficient (Wildman–Crippen LogP) is 7.84. The molecule has 266 valence electrons.